The van der Waals surface area contributed by atoms with E-state index in [-0.39, 0.29) is 23.4 Å². The molecule has 19 heavy (non-hydrogen) atoms. The van der Waals surface area contributed by atoms with Crippen molar-refractivity contribution in [1.82, 2.24) is 9.80 Å². The number of hydrogen-bond donors (Lipinski definition) is 2. The number of phenolic OH excluding ortho intramolecular Hbond substituents is 2. The Balaban J connectivity index is 2.88. The van der Waals surface area contributed by atoms with Gasteiger partial charge >= 0.3 is 0 Å². The molecule has 0 saturated carbocycles. The molecule has 5 heteroatoms. The molecule has 106 valence electrons. The van der Waals surface area contributed by atoms with Gasteiger partial charge in [0, 0.05) is 26.2 Å². The van der Waals surface area contributed by atoms with E-state index in [1.165, 1.54) is 6.07 Å². The van der Waals surface area contributed by atoms with Gasteiger partial charge in [0.2, 0.25) is 5.91 Å². The topological polar surface area (TPSA) is 64.0 Å². The third-order valence-corrected chi connectivity index (χ3v) is 3.20. The summed E-state index contributed by atoms with van der Waals surface area (Å²) in [6, 6.07) is 4.43. The Kier molecular flexibility index (Phi) is 5.18. The maximum Gasteiger partial charge on any atom is 0.236 e. The summed E-state index contributed by atoms with van der Waals surface area (Å²) in [6.07, 6.45) is 0. The maximum absolute atomic E-state index is 11.8. The fourth-order valence-electron chi connectivity index (χ4n) is 1.91. The van der Waals surface area contributed by atoms with E-state index in [4.69, 9.17) is 0 Å². The maximum atomic E-state index is 11.8. The molecule has 1 rings (SSSR count). The van der Waals surface area contributed by atoms with Crippen molar-refractivity contribution in [3.05, 3.63) is 23.8 Å². The second-order valence-corrected chi connectivity index (χ2v) is 4.81. The lowest BCUT2D eigenvalue weighted by atomic mass is 10.1. The molecule has 1 unspecified atom stereocenters. The normalized spacial score (nSPS) is 12.5. The molecule has 0 radical (unpaired) electrons. The van der Waals surface area contributed by atoms with Crippen LogP contribution in [0.25, 0.3) is 0 Å². The molecule has 0 aromatic heterocycles. The van der Waals surface area contributed by atoms with Gasteiger partial charge in [0.1, 0.15) is 11.5 Å². The van der Waals surface area contributed by atoms with Crippen LogP contribution in [0.2, 0.25) is 0 Å². The van der Waals surface area contributed by atoms with Crippen LogP contribution in [0.5, 0.6) is 11.5 Å². The summed E-state index contributed by atoms with van der Waals surface area (Å²) in [5.74, 6) is 0.0757. The lowest BCUT2D eigenvalue weighted by molar-refractivity contribution is -0.130. The van der Waals surface area contributed by atoms with Gasteiger partial charge in [0.15, 0.2) is 0 Å². The van der Waals surface area contributed by atoms with Crippen molar-refractivity contribution >= 4 is 5.91 Å². The number of aromatic hydroxyl groups is 2. The fourth-order valence-corrected chi connectivity index (χ4v) is 1.91. The number of nitrogens with zero attached hydrogens (tertiary/aromatic N) is 2. The van der Waals surface area contributed by atoms with E-state index in [1.54, 1.807) is 31.1 Å². The molecule has 0 saturated heterocycles. The van der Waals surface area contributed by atoms with Crippen LogP contribution in [0.4, 0.5) is 0 Å². The zero-order valence-electron chi connectivity index (χ0n) is 11.9. The van der Waals surface area contributed by atoms with E-state index < -0.39 is 0 Å². The van der Waals surface area contributed by atoms with Gasteiger partial charge < -0.3 is 15.1 Å². The van der Waals surface area contributed by atoms with E-state index in [2.05, 4.69) is 0 Å². The van der Waals surface area contributed by atoms with Gasteiger partial charge in [-0.1, -0.05) is 6.92 Å². The van der Waals surface area contributed by atoms with Gasteiger partial charge in [-0.25, -0.2) is 0 Å². The molecule has 1 amide bonds. The van der Waals surface area contributed by atoms with Crippen molar-refractivity contribution in [2.45, 2.75) is 19.9 Å². The van der Waals surface area contributed by atoms with Gasteiger partial charge in [0.05, 0.1) is 6.54 Å². The Morgan fingerprint density at radius 3 is 2.16 bits per heavy atom. The Labute approximate surface area is 114 Å². The molecule has 0 aliphatic rings. The monoisotopic (exact) mass is 266 g/mol. The minimum atomic E-state index is -0.0631. The highest BCUT2D eigenvalue weighted by Gasteiger charge is 2.19. The number of rotatable bonds is 5. The molecule has 0 spiro atoms. The Morgan fingerprint density at radius 1 is 1.21 bits per heavy atom. The van der Waals surface area contributed by atoms with E-state index in [1.807, 2.05) is 18.7 Å². The Hall–Kier alpha value is -1.75. The van der Waals surface area contributed by atoms with Crippen LogP contribution in [-0.4, -0.2) is 53.1 Å². The highest BCUT2D eigenvalue weighted by Crippen LogP contribution is 2.27. The predicted octanol–water partition coefficient (Wildman–Crippen LogP) is 1.57. The number of amides is 1. The van der Waals surface area contributed by atoms with Crippen molar-refractivity contribution in [3.63, 3.8) is 0 Å². The summed E-state index contributed by atoms with van der Waals surface area (Å²) in [4.78, 5) is 15.3. The standard InChI is InChI=1S/C14H22N2O3/c1-5-16(9-14(19)15(3)4)10(2)11-6-12(17)8-13(18)7-11/h6-8,10,17-18H,5,9H2,1-4H3. The number of hydrogen-bond acceptors (Lipinski definition) is 4. The van der Waals surface area contributed by atoms with Crippen LogP contribution in [0, 0.1) is 0 Å². The number of carbonyl (C=O) groups is 1. The second kappa shape index (κ2) is 6.43. The first kappa shape index (κ1) is 15.3. The van der Waals surface area contributed by atoms with Crippen molar-refractivity contribution in [2.75, 3.05) is 27.2 Å². The van der Waals surface area contributed by atoms with Gasteiger partial charge in [-0.3, -0.25) is 9.69 Å². The van der Waals surface area contributed by atoms with E-state index in [0.717, 1.165) is 5.56 Å². The third-order valence-electron chi connectivity index (χ3n) is 3.20. The summed E-state index contributed by atoms with van der Waals surface area (Å²) in [7, 11) is 3.45. The third kappa shape index (κ3) is 4.13. The number of likely N-dealkylation sites (N-methyl/N-ethyl adjacent to an activating group) is 2. The Bertz CT molecular complexity index is 426. The highest BCUT2D eigenvalue weighted by atomic mass is 16.3. The first-order valence-corrected chi connectivity index (χ1v) is 6.32. The molecule has 0 heterocycles. The molecular formula is C14H22N2O3. The minimum absolute atomic E-state index is 0.0249. The van der Waals surface area contributed by atoms with Gasteiger partial charge in [-0.2, -0.15) is 0 Å². The largest absolute Gasteiger partial charge is 0.508 e. The molecule has 1 aromatic carbocycles. The highest BCUT2D eigenvalue weighted by molar-refractivity contribution is 5.77. The molecule has 0 fully saturated rings. The molecule has 1 atom stereocenters. The van der Waals surface area contributed by atoms with Crippen LogP contribution in [-0.2, 0) is 4.79 Å². The van der Waals surface area contributed by atoms with Crippen LogP contribution in [0.1, 0.15) is 25.5 Å². The first-order valence-electron chi connectivity index (χ1n) is 6.32. The lowest BCUT2D eigenvalue weighted by Gasteiger charge is -2.28. The predicted molar refractivity (Wildman–Crippen MR) is 74.1 cm³/mol. The average Bonchev–Trinajstić information content (AvgIpc) is 2.33. The van der Waals surface area contributed by atoms with Crippen molar-refractivity contribution in [3.8, 4) is 11.5 Å². The van der Waals surface area contributed by atoms with Crippen LogP contribution in [0.3, 0.4) is 0 Å². The summed E-state index contributed by atoms with van der Waals surface area (Å²) in [5, 5.41) is 19.0. The zero-order valence-corrected chi connectivity index (χ0v) is 11.9. The van der Waals surface area contributed by atoms with Crippen LogP contribution in [0.15, 0.2) is 18.2 Å². The SMILES string of the molecule is CCN(CC(=O)N(C)C)C(C)c1cc(O)cc(O)c1. The second-order valence-electron chi connectivity index (χ2n) is 4.81. The number of benzene rings is 1. The van der Waals surface area contributed by atoms with Gasteiger partial charge in [0.25, 0.3) is 0 Å². The van der Waals surface area contributed by atoms with Crippen molar-refractivity contribution in [2.24, 2.45) is 0 Å². The zero-order chi connectivity index (χ0) is 14.6. The smallest absolute Gasteiger partial charge is 0.236 e. The lowest BCUT2D eigenvalue weighted by Crippen LogP contribution is -2.37. The molecule has 0 aliphatic carbocycles. The summed E-state index contributed by atoms with van der Waals surface area (Å²) >= 11 is 0. The molecule has 0 bridgehead atoms. The van der Waals surface area contributed by atoms with Crippen LogP contribution < -0.4 is 0 Å². The summed E-state index contributed by atoms with van der Waals surface area (Å²) in [5.41, 5.74) is 0.783. The van der Waals surface area contributed by atoms with Crippen LogP contribution >= 0.6 is 0 Å². The molecule has 5 nitrogen and oxygen atoms in total. The molecule has 1 aromatic rings. The van der Waals surface area contributed by atoms with Gasteiger partial charge in [-0.05, 0) is 31.2 Å². The van der Waals surface area contributed by atoms with Crippen molar-refractivity contribution in [1.29, 1.82) is 0 Å². The first-order chi connectivity index (χ1) is 8.85. The summed E-state index contributed by atoms with van der Waals surface area (Å²) in [6.45, 7) is 4.93. The molecule has 0 aliphatic heterocycles. The summed E-state index contributed by atoms with van der Waals surface area (Å²) < 4.78 is 0. The Morgan fingerprint density at radius 2 is 1.74 bits per heavy atom. The van der Waals surface area contributed by atoms with E-state index in [9.17, 15) is 15.0 Å². The minimum Gasteiger partial charge on any atom is -0.508 e. The van der Waals surface area contributed by atoms with Gasteiger partial charge in [-0.15, -0.1) is 0 Å². The number of phenols is 2. The quantitative estimate of drug-likeness (QED) is 0.849. The van der Waals surface area contributed by atoms with E-state index in [0.29, 0.717) is 13.1 Å². The fraction of sp³-hybridized carbons (Fsp3) is 0.500. The number of carbonyl (C=O) groups excluding carboxylic acids is 1. The average molecular weight is 266 g/mol. The van der Waals surface area contributed by atoms with E-state index >= 15 is 0 Å². The molecule has 2 N–H and O–H groups in total. The van der Waals surface area contributed by atoms with Crippen molar-refractivity contribution < 1.29 is 15.0 Å². The molecular weight excluding hydrogens is 244 g/mol.